The number of nitrogens with one attached hydrogen (secondary N) is 1. The van der Waals surface area contributed by atoms with Gasteiger partial charge in [-0.15, -0.1) is 0 Å². The average molecular weight is 225 g/mol. The zero-order valence-corrected chi connectivity index (χ0v) is 11.6. The summed E-state index contributed by atoms with van der Waals surface area (Å²) in [6, 6.07) is 0.0491. The number of hydrazine groups is 1. The van der Waals surface area contributed by atoms with Gasteiger partial charge in [0.1, 0.15) is 0 Å². The van der Waals surface area contributed by atoms with Crippen LogP contribution in [0.4, 0.5) is 4.79 Å². The van der Waals surface area contributed by atoms with Crippen molar-refractivity contribution in [2.45, 2.75) is 52.4 Å². The van der Waals surface area contributed by atoms with Gasteiger partial charge in [-0.1, -0.05) is 20.8 Å². The van der Waals surface area contributed by atoms with E-state index in [2.05, 4.69) is 26.1 Å². The van der Waals surface area contributed by atoms with E-state index in [1.807, 2.05) is 27.8 Å². The second kappa shape index (κ2) is 3.95. The lowest BCUT2D eigenvalue weighted by atomic mass is 9.43. The van der Waals surface area contributed by atoms with Crippen molar-refractivity contribution in [3.63, 3.8) is 0 Å². The zero-order chi connectivity index (χ0) is 12.7. The first-order valence-corrected chi connectivity index (χ1v) is 5.85. The van der Waals surface area contributed by atoms with Gasteiger partial charge in [0.25, 0.3) is 6.85 Å². The fourth-order valence-corrected chi connectivity index (χ4v) is 1.72. The molecule has 1 aliphatic heterocycles. The summed E-state index contributed by atoms with van der Waals surface area (Å²) in [5.74, 6) is 0. The molecule has 1 fully saturated rings. The molecule has 0 aromatic rings. The van der Waals surface area contributed by atoms with Gasteiger partial charge in [0.15, 0.2) is 0 Å². The van der Waals surface area contributed by atoms with Crippen LogP contribution in [0.15, 0.2) is 0 Å². The molecule has 1 saturated heterocycles. The van der Waals surface area contributed by atoms with Crippen molar-refractivity contribution in [2.75, 3.05) is 13.5 Å². The normalized spacial score (nSPS) is 19.4. The third-order valence-electron chi connectivity index (χ3n) is 2.98. The van der Waals surface area contributed by atoms with E-state index < -0.39 is 0 Å². The second-order valence-corrected chi connectivity index (χ2v) is 6.72. The minimum atomic E-state index is -0.199. The molecule has 1 rings (SSSR count). The first-order chi connectivity index (χ1) is 7.03. The van der Waals surface area contributed by atoms with Gasteiger partial charge >= 0.3 is 6.03 Å². The van der Waals surface area contributed by atoms with Crippen molar-refractivity contribution in [1.82, 2.24) is 15.2 Å². The lowest BCUT2D eigenvalue weighted by Crippen LogP contribution is -2.70. The third-order valence-corrected chi connectivity index (χ3v) is 2.98. The van der Waals surface area contributed by atoms with Crippen molar-refractivity contribution >= 4 is 12.9 Å². The molecule has 1 N–H and O–H groups in total. The molecule has 92 valence electrons. The molecule has 0 aromatic heterocycles. The Hall–Kier alpha value is -0.705. The molecule has 0 atom stereocenters. The van der Waals surface area contributed by atoms with E-state index >= 15 is 0 Å². The van der Waals surface area contributed by atoms with Crippen molar-refractivity contribution < 1.29 is 4.79 Å². The SMILES string of the molecule is CN1CB(C(C)(C)C)NN(C(C)(C)C)C1=O. The molecule has 0 aliphatic carbocycles. The molecule has 5 heteroatoms. The zero-order valence-electron chi connectivity index (χ0n) is 11.6. The third kappa shape index (κ3) is 2.70. The molecule has 1 heterocycles. The predicted octanol–water partition coefficient (Wildman–Crippen LogP) is 1.99. The lowest BCUT2D eigenvalue weighted by Gasteiger charge is -2.47. The molecule has 0 aromatic carbocycles. The van der Waals surface area contributed by atoms with E-state index in [0.717, 1.165) is 6.44 Å². The van der Waals surface area contributed by atoms with E-state index in [1.54, 1.807) is 9.91 Å². The van der Waals surface area contributed by atoms with Crippen LogP contribution >= 0.6 is 0 Å². The van der Waals surface area contributed by atoms with E-state index in [9.17, 15) is 4.79 Å². The molecular formula is C11H24BN3O. The van der Waals surface area contributed by atoms with Crippen LogP contribution in [-0.4, -0.2) is 41.8 Å². The molecule has 1 aliphatic rings. The van der Waals surface area contributed by atoms with Gasteiger partial charge in [-0.25, -0.2) is 4.79 Å². The van der Waals surface area contributed by atoms with E-state index in [1.165, 1.54) is 0 Å². The Morgan fingerprint density at radius 1 is 1.19 bits per heavy atom. The highest BCUT2D eigenvalue weighted by Crippen LogP contribution is 2.29. The summed E-state index contributed by atoms with van der Waals surface area (Å²) in [5, 5.41) is 5.24. The van der Waals surface area contributed by atoms with Crippen LogP contribution in [0.5, 0.6) is 0 Å². The maximum absolute atomic E-state index is 12.0. The maximum Gasteiger partial charge on any atom is 0.333 e. The Morgan fingerprint density at radius 2 is 1.69 bits per heavy atom. The number of urea groups is 1. The summed E-state index contributed by atoms with van der Waals surface area (Å²) in [7, 11) is 1.86. The molecule has 2 amide bonds. The predicted molar refractivity (Wildman–Crippen MR) is 68.2 cm³/mol. The van der Waals surface area contributed by atoms with Crippen molar-refractivity contribution in [1.29, 1.82) is 0 Å². The highest BCUT2D eigenvalue weighted by Gasteiger charge is 2.42. The first kappa shape index (κ1) is 13.4. The second-order valence-electron chi connectivity index (χ2n) is 6.72. The fraction of sp³-hybridized carbons (Fsp3) is 0.909. The van der Waals surface area contributed by atoms with Crippen LogP contribution in [0.3, 0.4) is 0 Å². The number of hydrogen-bond donors (Lipinski definition) is 1. The van der Waals surface area contributed by atoms with E-state index in [0.29, 0.717) is 0 Å². The summed E-state index contributed by atoms with van der Waals surface area (Å²) in [6.07, 6.45) is 0.759. The standard InChI is InChI=1S/C11H24BN3O/c1-10(2,3)12-8-14(7)9(16)15(13-12)11(4,5)6/h13H,8H2,1-7H3. The number of rotatable bonds is 0. The first-order valence-electron chi connectivity index (χ1n) is 5.85. The van der Waals surface area contributed by atoms with Gasteiger partial charge in [-0.3, -0.25) is 10.3 Å². The van der Waals surface area contributed by atoms with E-state index in [4.69, 9.17) is 0 Å². The number of hydrogen-bond acceptors (Lipinski definition) is 2. The summed E-state index contributed by atoms with van der Waals surface area (Å²) in [5.41, 5.74) is -0.199. The van der Waals surface area contributed by atoms with Crippen LogP contribution < -0.4 is 5.34 Å². The van der Waals surface area contributed by atoms with Gasteiger partial charge in [-0.05, 0) is 26.1 Å². The fourth-order valence-electron chi connectivity index (χ4n) is 1.72. The molecule has 16 heavy (non-hydrogen) atoms. The number of carbonyl (C=O) groups is 1. The minimum absolute atomic E-state index is 0.0491. The van der Waals surface area contributed by atoms with Crippen molar-refractivity contribution in [3.05, 3.63) is 0 Å². The molecule has 4 nitrogen and oxygen atoms in total. The molecule has 0 unspecified atom stereocenters. The van der Waals surface area contributed by atoms with Gasteiger partial charge < -0.3 is 4.90 Å². The maximum atomic E-state index is 12.0. The molecule has 0 radical (unpaired) electrons. The molecule has 0 saturated carbocycles. The number of carbonyl (C=O) groups excluding carboxylic acids is 1. The van der Waals surface area contributed by atoms with Gasteiger partial charge in [0, 0.05) is 13.5 Å². The van der Waals surface area contributed by atoms with E-state index in [-0.39, 0.29) is 23.7 Å². The Labute approximate surface area is 99.4 Å². The summed E-state index contributed by atoms with van der Waals surface area (Å²) >= 11 is 0. The summed E-state index contributed by atoms with van der Waals surface area (Å²) in [6.45, 7) is 13.0. The van der Waals surface area contributed by atoms with Gasteiger partial charge in [-0.2, -0.15) is 0 Å². The number of nitrogens with zero attached hydrogens (tertiary/aromatic N) is 2. The Bertz CT molecular complexity index is 280. The monoisotopic (exact) mass is 225 g/mol. The van der Waals surface area contributed by atoms with Crippen molar-refractivity contribution in [2.24, 2.45) is 0 Å². The Kier molecular flexibility index (Phi) is 3.30. The average Bonchev–Trinajstić information content (AvgIpc) is 2.05. The molecule has 0 bridgehead atoms. The molecule has 0 spiro atoms. The minimum Gasteiger partial charge on any atom is -0.332 e. The van der Waals surface area contributed by atoms with Crippen LogP contribution in [0.2, 0.25) is 5.31 Å². The van der Waals surface area contributed by atoms with Gasteiger partial charge in [0.05, 0.1) is 5.54 Å². The summed E-state index contributed by atoms with van der Waals surface area (Å²) in [4.78, 5) is 13.8. The quantitative estimate of drug-likeness (QED) is 0.640. The highest BCUT2D eigenvalue weighted by atomic mass is 16.2. The van der Waals surface area contributed by atoms with Crippen LogP contribution in [0.1, 0.15) is 41.5 Å². The Morgan fingerprint density at radius 3 is 2.06 bits per heavy atom. The van der Waals surface area contributed by atoms with Gasteiger partial charge in [0.2, 0.25) is 0 Å². The smallest absolute Gasteiger partial charge is 0.332 e. The van der Waals surface area contributed by atoms with Crippen LogP contribution in [-0.2, 0) is 0 Å². The summed E-state index contributed by atoms with van der Waals surface area (Å²) < 4.78 is 0. The topological polar surface area (TPSA) is 35.6 Å². The van der Waals surface area contributed by atoms with Crippen LogP contribution in [0.25, 0.3) is 0 Å². The number of amides is 2. The largest absolute Gasteiger partial charge is 0.333 e. The highest BCUT2D eigenvalue weighted by molar-refractivity contribution is 6.60. The van der Waals surface area contributed by atoms with Crippen LogP contribution in [0, 0.1) is 0 Å². The lowest BCUT2D eigenvalue weighted by molar-refractivity contribution is 0.0911. The molecular weight excluding hydrogens is 201 g/mol. The Balaban J connectivity index is 2.90. The van der Waals surface area contributed by atoms with Crippen molar-refractivity contribution in [3.8, 4) is 0 Å².